The van der Waals surface area contributed by atoms with Crippen LogP contribution in [0, 0.1) is 6.92 Å². The Hall–Kier alpha value is -4.05. The van der Waals surface area contributed by atoms with Crippen LogP contribution in [0.25, 0.3) is 16.0 Å². The standard InChI is InChI=1S/C25H18F3N5OS/c1-15-19(14-30-33(15)22-11-8-17(13-29-22)25(26,27)28)24(34)31-18-9-6-16(7-10-18)12-23-32-20-4-2-3-5-21(20)35-23/h2-11,13-14H,12H2,1H3,(H,31,34). The number of fused-ring (bicyclic) bond motifs is 1. The molecule has 3 heterocycles. The van der Waals surface area contributed by atoms with E-state index in [-0.39, 0.29) is 11.7 Å². The molecule has 0 unspecified atom stereocenters. The van der Waals surface area contributed by atoms with Crippen LogP contribution >= 0.6 is 11.3 Å². The quantitative estimate of drug-likeness (QED) is 0.324. The Morgan fingerprint density at radius 1 is 1.03 bits per heavy atom. The van der Waals surface area contributed by atoms with Gasteiger partial charge in [-0.05, 0) is 48.9 Å². The number of nitrogens with one attached hydrogen (secondary N) is 1. The number of halogens is 3. The molecule has 10 heteroatoms. The predicted molar refractivity (Wildman–Crippen MR) is 128 cm³/mol. The van der Waals surface area contributed by atoms with Crippen molar-refractivity contribution in [1.82, 2.24) is 19.7 Å². The average Bonchev–Trinajstić information content (AvgIpc) is 3.42. The fourth-order valence-corrected chi connectivity index (χ4v) is 4.62. The third-order valence-electron chi connectivity index (χ3n) is 5.45. The normalized spacial score (nSPS) is 11.7. The van der Waals surface area contributed by atoms with Crippen molar-refractivity contribution in [2.24, 2.45) is 0 Å². The van der Waals surface area contributed by atoms with Gasteiger partial charge in [-0.2, -0.15) is 18.3 Å². The van der Waals surface area contributed by atoms with Crippen molar-refractivity contribution >= 4 is 33.1 Å². The van der Waals surface area contributed by atoms with Crippen molar-refractivity contribution in [2.45, 2.75) is 19.5 Å². The van der Waals surface area contributed by atoms with Crippen LogP contribution in [0.4, 0.5) is 18.9 Å². The number of hydrogen-bond donors (Lipinski definition) is 1. The molecular formula is C25H18F3N5OS. The van der Waals surface area contributed by atoms with Gasteiger partial charge >= 0.3 is 6.18 Å². The number of amides is 1. The summed E-state index contributed by atoms with van der Waals surface area (Å²) in [5.74, 6) is -0.187. The maximum atomic E-state index is 12.8. The summed E-state index contributed by atoms with van der Waals surface area (Å²) in [5.41, 5.74) is 2.57. The lowest BCUT2D eigenvalue weighted by molar-refractivity contribution is -0.137. The molecule has 0 saturated heterocycles. The van der Waals surface area contributed by atoms with Gasteiger partial charge < -0.3 is 5.32 Å². The maximum Gasteiger partial charge on any atom is 0.417 e. The van der Waals surface area contributed by atoms with Crippen LogP contribution in [-0.2, 0) is 12.6 Å². The number of thiazole rings is 1. The highest BCUT2D eigenvalue weighted by atomic mass is 32.1. The highest BCUT2D eigenvalue weighted by Crippen LogP contribution is 2.29. The number of benzene rings is 2. The van der Waals surface area contributed by atoms with Gasteiger partial charge in [-0.3, -0.25) is 4.79 Å². The zero-order valence-corrected chi connectivity index (χ0v) is 19.2. The van der Waals surface area contributed by atoms with Crippen LogP contribution in [0.2, 0.25) is 0 Å². The summed E-state index contributed by atoms with van der Waals surface area (Å²) in [6.45, 7) is 1.66. The summed E-state index contributed by atoms with van der Waals surface area (Å²) in [7, 11) is 0. The fraction of sp³-hybridized carbons (Fsp3) is 0.120. The number of carbonyl (C=O) groups is 1. The molecule has 0 spiro atoms. The Morgan fingerprint density at radius 3 is 2.49 bits per heavy atom. The zero-order valence-electron chi connectivity index (χ0n) is 18.4. The van der Waals surface area contributed by atoms with Crippen molar-refractivity contribution in [3.05, 3.63) is 100 Å². The summed E-state index contributed by atoms with van der Waals surface area (Å²) in [6.07, 6.45) is -1.67. The summed E-state index contributed by atoms with van der Waals surface area (Å²) in [4.78, 5) is 21.3. The van der Waals surface area contributed by atoms with E-state index in [0.717, 1.165) is 33.1 Å². The maximum absolute atomic E-state index is 12.8. The number of para-hydroxylation sites is 1. The second-order valence-corrected chi connectivity index (χ2v) is 8.98. The zero-order chi connectivity index (χ0) is 24.6. The minimum absolute atomic E-state index is 0.189. The van der Waals surface area contributed by atoms with E-state index in [1.807, 2.05) is 48.5 Å². The van der Waals surface area contributed by atoms with Gasteiger partial charge in [0.15, 0.2) is 5.82 Å². The number of hydrogen-bond acceptors (Lipinski definition) is 5. The minimum atomic E-state index is -4.47. The van der Waals surface area contributed by atoms with Crippen molar-refractivity contribution in [2.75, 3.05) is 5.32 Å². The highest BCUT2D eigenvalue weighted by molar-refractivity contribution is 7.18. The topological polar surface area (TPSA) is 72.7 Å². The summed E-state index contributed by atoms with van der Waals surface area (Å²) in [6, 6.07) is 17.7. The first-order valence-corrected chi connectivity index (χ1v) is 11.4. The first-order valence-electron chi connectivity index (χ1n) is 10.6. The molecule has 3 aromatic heterocycles. The lowest BCUT2D eigenvalue weighted by Gasteiger charge is -2.09. The number of alkyl halides is 3. The fourth-order valence-electron chi connectivity index (χ4n) is 3.62. The lowest BCUT2D eigenvalue weighted by Crippen LogP contribution is -2.13. The van der Waals surface area contributed by atoms with Gasteiger partial charge in [-0.1, -0.05) is 24.3 Å². The Morgan fingerprint density at radius 2 is 1.80 bits per heavy atom. The summed E-state index contributed by atoms with van der Waals surface area (Å²) >= 11 is 1.66. The third-order valence-corrected chi connectivity index (χ3v) is 6.49. The van der Waals surface area contributed by atoms with E-state index in [2.05, 4.69) is 20.4 Å². The smallest absolute Gasteiger partial charge is 0.322 e. The molecule has 0 atom stereocenters. The van der Waals surface area contributed by atoms with Gasteiger partial charge in [-0.25, -0.2) is 14.6 Å². The van der Waals surface area contributed by atoms with Gasteiger partial charge in [0.05, 0.1) is 38.2 Å². The van der Waals surface area contributed by atoms with E-state index in [1.165, 1.54) is 16.9 Å². The molecule has 2 aromatic carbocycles. The molecule has 0 aliphatic rings. The number of nitrogens with zero attached hydrogens (tertiary/aromatic N) is 4. The number of pyridine rings is 1. The lowest BCUT2D eigenvalue weighted by atomic mass is 10.1. The van der Waals surface area contributed by atoms with E-state index >= 15 is 0 Å². The second kappa shape index (κ2) is 8.95. The molecule has 35 heavy (non-hydrogen) atoms. The van der Waals surface area contributed by atoms with E-state index < -0.39 is 11.7 Å². The Balaban J connectivity index is 1.27. The van der Waals surface area contributed by atoms with Crippen LogP contribution in [-0.4, -0.2) is 25.7 Å². The van der Waals surface area contributed by atoms with E-state index in [9.17, 15) is 18.0 Å². The molecule has 0 aliphatic heterocycles. The van der Waals surface area contributed by atoms with Crippen molar-refractivity contribution in [3.63, 3.8) is 0 Å². The molecule has 0 saturated carbocycles. The van der Waals surface area contributed by atoms with Crippen LogP contribution in [0.3, 0.4) is 0 Å². The van der Waals surface area contributed by atoms with E-state index in [1.54, 1.807) is 18.3 Å². The van der Waals surface area contributed by atoms with Gasteiger partial charge in [0.1, 0.15) is 0 Å². The van der Waals surface area contributed by atoms with Gasteiger partial charge in [0.25, 0.3) is 5.91 Å². The first-order chi connectivity index (χ1) is 16.8. The number of aromatic nitrogens is 4. The average molecular weight is 494 g/mol. The van der Waals surface area contributed by atoms with Gasteiger partial charge in [-0.15, -0.1) is 11.3 Å². The molecule has 0 fully saturated rings. The molecule has 176 valence electrons. The minimum Gasteiger partial charge on any atom is -0.322 e. The first kappa shape index (κ1) is 22.7. The SMILES string of the molecule is Cc1c(C(=O)Nc2ccc(Cc3nc4ccccc4s3)cc2)cnn1-c1ccc(C(F)(F)F)cn1. The highest BCUT2D eigenvalue weighted by Gasteiger charge is 2.30. The van der Waals surface area contributed by atoms with Crippen molar-refractivity contribution < 1.29 is 18.0 Å². The molecule has 1 N–H and O–H groups in total. The monoisotopic (exact) mass is 493 g/mol. The van der Waals surface area contributed by atoms with Crippen molar-refractivity contribution in [3.8, 4) is 5.82 Å². The number of anilines is 1. The Labute approximate surface area is 202 Å². The molecule has 0 radical (unpaired) electrons. The largest absolute Gasteiger partial charge is 0.417 e. The Kier molecular flexibility index (Phi) is 5.81. The van der Waals surface area contributed by atoms with E-state index in [4.69, 9.17) is 0 Å². The second-order valence-electron chi connectivity index (χ2n) is 7.86. The third kappa shape index (κ3) is 4.78. The molecule has 5 rings (SSSR count). The Bertz CT molecular complexity index is 1470. The number of carbonyl (C=O) groups excluding carboxylic acids is 1. The van der Waals surface area contributed by atoms with Gasteiger partial charge in [0.2, 0.25) is 0 Å². The summed E-state index contributed by atoms with van der Waals surface area (Å²) < 4.78 is 40.8. The molecule has 5 aromatic rings. The van der Waals surface area contributed by atoms with Crippen LogP contribution in [0.1, 0.15) is 32.2 Å². The van der Waals surface area contributed by atoms with Crippen LogP contribution in [0.5, 0.6) is 0 Å². The molecule has 1 amide bonds. The van der Waals surface area contributed by atoms with Gasteiger partial charge in [0, 0.05) is 18.3 Å². The molecule has 0 bridgehead atoms. The number of rotatable bonds is 5. The van der Waals surface area contributed by atoms with Crippen LogP contribution < -0.4 is 5.32 Å². The molecular weight excluding hydrogens is 475 g/mol. The summed E-state index contributed by atoms with van der Waals surface area (Å²) in [5, 5.41) is 7.97. The van der Waals surface area contributed by atoms with Crippen molar-refractivity contribution in [1.29, 1.82) is 0 Å². The van der Waals surface area contributed by atoms with E-state index in [0.29, 0.717) is 23.4 Å². The predicted octanol–water partition coefficient (Wildman–Crippen LogP) is 6.05. The molecule has 6 nitrogen and oxygen atoms in total. The molecule has 0 aliphatic carbocycles. The van der Waals surface area contributed by atoms with Crippen LogP contribution in [0.15, 0.2) is 73.1 Å².